The molecule has 0 bridgehead atoms. The largest absolute Gasteiger partial charge is 0.469 e. The summed E-state index contributed by atoms with van der Waals surface area (Å²) in [6.45, 7) is 4.98. The summed E-state index contributed by atoms with van der Waals surface area (Å²) in [7, 11) is 1.50. The van der Waals surface area contributed by atoms with E-state index in [4.69, 9.17) is 4.74 Å². The van der Waals surface area contributed by atoms with Crippen molar-refractivity contribution in [1.82, 2.24) is 0 Å². The molecule has 4 aliphatic carbocycles. The zero-order chi connectivity index (χ0) is 19.2. The van der Waals surface area contributed by atoms with E-state index in [1.54, 1.807) is 0 Å². The molecule has 0 spiro atoms. The van der Waals surface area contributed by atoms with Gasteiger partial charge in [0, 0.05) is 6.42 Å². The maximum Gasteiger partial charge on any atom is 0.305 e. The van der Waals surface area contributed by atoms with Crippen molar-refractivity contribution in [3.05, 3.63) is 0 Å². The van der Waals surface area contributed by atoms with Crippen LogP contribution in [0.1, 0.15) is 84.5 Å². The van der Waals surface area contributed by atoms with Gasteiger partial charge in [-0.05, 0) is 111 Å². The normalized spacial score (nSPS) is 47.5. The Hall–Kier alpha value is -0.570. The zero-order valence-corrected chi connectivity index (χ0v) is 17.7. The van der Waals surface area contributed by atoms with E-state index in [-0.39, 0.29) is 12.1 Å². The Balaban J connectivity index is 1.44. The van der Waals surface area contributed by atoms with Crippen LogP contribution in [0.15, 0.2) is 0 Å². The first kappa shape index (κ1) is 19.7. The third kappa shape index (κ3) is 3.47. The van der Waals surface area contributed by atoms with E-state index in [2.05, 4.69) is 13.8 Å². The number of carbonyl (C=O) groups excluding carboxylic acids is 1. The summed E-state index contributed by atoms with van der Waals surface area (Å²) in [6, 6.07) is 0. The summed E-state index contributed by atoms with van der Waals surface area (Å²) in [6.07, 6.45) is 13.3. The predicted octanol–water partition coefficient (Wildman–Crippen LogP) is 5.21. The SMILES string of the molecule is COC(=O)CC[C@@H](C)[C@H]1CCC2C3CC[C@H]4C[C@@H](O)CC[C@@H]4C3CC[C@@]21C. The Bertz CT molecular complexity index is 546. The number of methoxy groups -OCH3 is 1. The van der Waals surface area contributed by atoms with E-state index >= 15 is 0 Å². The van der Waals surface area contributed by atoms with Crippen molar-refractivity contribution in [2.45, 2.75) is 90.6 Å². The average Bonchev–Trinajstić information content (AvgIpc) is 3.02. The summed E-state index contributed by atoms with van der Waals surface area (Å²) in [5.41, 5.74) is 0.484. The van der Waals surface area contributed by atoms with Crippen LogP contribution in [0.4, 0.5) is 0 Å². The fourth-order valence-corrected chi connectivity index (χ4v) is 8.45. The third-order valence-electron chi connectivity index (χ3n) is 9.72. The Kier molecular flexibility index (Phi) is 5.62. The monoisotopic (exact) mass is 376 g/mol. The number of hydrogen-bond acceptors (Lipinski definition) is 3. The van der Waals surface area contributed by atoms with Crippen molar-refractivity contribution in [1.29, 1.82) is 0 Å². The van der Waals surface area contributed by atoms with Gasteiger partial charge in [-0.2, -0.15) is 0 Å². The number of rotatable bonds is 4. The summed E-state index contributed by atoms with van der Waals surface area (Å²) in [4.78, 5) is 11.6. The van der Waals surface area contributed by atoms with E-state index in [1.807, 2.05) is 0 Å². The van der Waals surface area contributed by atoms with Gasteiger partial charge in [0.15, 0.2) is 0 Å². The van der Waals surface area contributed by atoms with Crippen molar-refractivity contribution in [3.8, 4) is 0 Å². The molecule has 0 saturated heterocycles. The molecule has 3 nitrogen and oxygen atoms in total. The molecule has 4 saturated carbocycles. The van der Waals surface area contributed by atoms with Crippen molar-refractivity contribution >= 4 is 5.97 Å². The van der Waals surface area contributed by atoms with Crippen LogP contribution in [0, 0.1) is 46.8 Å². The van der Waals surface area contributed by atoms with Crippen molar-refractivity contribution in [2.75, 3.05) is 7.11 Å². The Morgan fingerprint density at radius 3 is 2.63 bits per heavy atom. The van der Waals surface area contributed by atoms with Gasteiger partial charge in [-0.15, -0.1) is 0 Å². The molecule has 154 valence electrons. The van der Waals surface area contributed by atoms with Gasteiger partial charge in [0.1, 0.15) is 0 Å². The highest BCUT2D eigenvalue weighted by molar-refractivity contribution is 5.69. The summed E-state index contributed by atoms with van der Waals surface area (Å²) < 4.78 is 4.87. The summed E-state index contributed by atoms with van der Waals surface area (Å²) in [5, 5.41) is 10.1. The smallest absolute Gasteiger partial charge is 0.305 e. The average molecular weight is 377 g/mol. The first-order chi connectivity index (χ1) is 12.9. The second-order valence-electron chi connectivity index (χ2n) is 10.7. The molecule has 4 fully saturated rings. The zero-order valence-electron chi connectivity index (χ0n) is 17.7. The molecule has 3 unspecified atom stereocenters. The molecule has 0 aromatic heterocycles. The third-order valence-corrected chi connectivity index (χ3v) is 9.72. The maximum absolute atomic E-state index is 11.6. The molecule has 4 rings (SSSR count). The first-order valence-electron chi connectivity index (χ1n) is 11.7. The predicted molar refractivity (Wildman–Crippen MR) is 107 cm³/mol. The molecule has 27 heavy (non-hydrogen) atoms. The minimum Gasteiger partial charge on any atom is -0.469 e. The van der Waals surface area contributed by atoms with Crippen LogP contribution in [0.25, 0.3) is 0 Å². The van der Waals surface area contributed by atoms with E-state index in [0.29, 0.717) is 17.8 Å². The van der Waals surface area contributed by atoms with Crippen LogP contribution in [0.5, 0.6) is 0 Å². The molecule has 4 aliphatic rings. The van der Waals surface area contributed by atoms with Gasteiger partial charge in [0.25, 0.3) is 0 Å². The van der Waals surface area contributed by atoms with E-state index in [1.165, 1.54) is 52.1 Å². The van der Waals surface area contributed by atoms with Crippen molar-refractivity contribution in [3.63, 3.8) is 0 Å². The number of ether oxygens (including phenoxy) is 1. The van der Waals surface area contributed by atoms with Crippen molar-refractivity contribution in [2.24, 2.45) is 46.8 Å². The number of hydrogen-bond donors (Lipinski definition) is 1. The lowest BCUT2D eigenvalue weighted by atomic mass is 9.49. The number of carbonyl (C=O) groups is 1. The molecule has 0 aromatic carbocycles. The second-order valence-corrected chi connectivity index (χ2v) is 10.7. The minimum atomic E-state index is -0.0527. The molecule has 1 N–H and O–H groups in total. The highest BCUT2D eigenvalue weighted by Gasteiger charge is 2.57. The fourth-order valence-electron chi connectivity index (χ4n) is 8.45. The van der Waals surface area contributed by atoms with E-state index < -0.39 is 0 Å². The quantitative estimate of drug-likeness (QED) is 0.686. The van der Waals surface area contributed by atoms with Gasteiger partial charge in [-0.3, -0.25) is 4.79 Å². The van der Waals surface area contributed by atoms with E-state index in [9.17, 15) is 9.90 Å². The molecule has 0 amide bonds. The standard InChI is InChI=1S/C24H40O3/c1-15(4-11-23(26)27-3)21-9-10-22-20-7-5-16-14-17(25)6-8-18(16)19(20)12-13-24(21,22)2/h15-22,25H,4-14H2,1-3H3/t15-,16+,17+,18+,19?,20?,21-,22?,24-/m1/s1. The van der Waals surface area contributed by atoms with Gasteiger partial charge in [0.2, 0.25) is 0 Å². The Morgan fingerprint density at radius 2 is 1.85 bits per heavy atom. The number of aliphatic hydroxyl groups excluding tert-OH is 1. The highest BCUT2D eigenvalue weighted by atomic mass is 16.5. The van der Waals surface area contributed by atoms with Gasteiger partial charge >= 0.3 is 5.97 Å². The topological polar surface area (TPSA) is 46.5 Å². The van der Waals surface area contributed by atoms with Crippen LogP contribution < -0.4 is 0 Å². The Morgan fingerprint density at radius 1 is 1.07 bits per heavy atom. The minimum absolute atomic E-state index is 0.0248. The first-order valence-corrected chi connectivity index (χ1v) is 11.7. The van der Waals surface area contributed by atoms with E-state index in [0.717, 1.165) is 54.8 Å². The number of esters is 1. The number of fused-ring (bicyclic) bond motifs is 5. The molecule has 3 heteroatoms. The lowest BCUT2D eigenvalue weighted by Gasteiger charge is -2.56. The van der Waals surface area contributed by atoms with Crippen LogP contribution >= 0.6 is 0 Å². The summed E-state index contributed by atoms with van der Waals surface area (Å²) in [5.74, 6) is 5.80. The lowest BCUT2D eigenvalue weighted by Crippen LogP contribution is -2.49. The van der Waals surface area contributed by atoms with Gasteiger partial charge in [-0.1, -0.05) is 13.8 Å². The second kappa shape index (κ2) is 7.69. The molecule has 0 aromatic rings. The van der Waals surface area contributed by atoms with Gasteiger partial charge in [0.05, 0.1) is 13.2 Å². The molecular weight excluding hydrogens is 336 g/mol. The number of aliphatic hydroxyl groups is 1. The van der Waals surface area contributed by atoms with Crippen LogP contribution in [0.3, 0.4) is 0 Å². The Labute approximate surface area is 165 Å². The molecule has 0 radical (unpaired) electrons. The fraction of sp³-hybridized carbons (Fsp3) is 0.958. The summed E-state index contributed by atoms with van der Waals surface area (Å²) >= 11 is 0. The lowest BCUT2D eigenvalue weighted by molar-refractivity contribution is -0.141. The molecule has 9 atom stereocenters. The van der Waals surface area contributed by atoms with Crippen LogP contribution in [-0.4, -0.2) is 24.3 Å². The van der Waals surface area contributed by atoms with Crippen molar-refractivity contribution < 1.29 is 14.6 Å². The molecule has 0 aliphatic heterocycles. The highest BCUT2D eigenvalue weighted by Crippen LogP contribution is 2.65. The van der Waals surface area contributed by atoms with Crippen LogP contribution in [-0.2, 0) is 9.53 Å². The molecular formula is C24H40O3. The maximum atomic E-state index is 11.6. The van der Waals surface area contributed by atoms with Crippen LogP contribution in [0.2, 0.25) is 0 Å². The van der Waals surface area contributed by atoms with Gasteiger partial charge in [-0.25, -0.2) is 0 Å². The van der Waals surface area contributed by atoms with Gasteiger partial charge < -0.3 is 9.84 Å². The molecule has 0 heterocycles.